The third-order valence-corrected chi connectivity index (χ3v) is 8.34. The molecule has 4 heterocycles. The van der Waals surface area contributed by atoms with Crippen LogP contribution in [-0.2, 0) is 19.9 Å². The molecular formula is C25H24N4O5. The fraction of sp³-hybridized carbons (Fsp3) is 0.400. The highest BCUT2D eigenvalue weighted by atomic mass is 16.6. The lowest BCUT2D eigenvalue weighted by molar-refractivity contribution is -0.384. The van der Waals surface area contributed by atoms with Crippen molar-refractivity contribution in [2.45, 2.75) is 45.2 Å². The average Bonchev–Trinajstić information content (AvgIpc) is 3.50. The zero-order valence-corrected chi connectivity index (χ0v) is 19.1. The highest BCUT2D eigenvalue weighted by molar-refractivity contribution is 6.26. The number of imide groups is 1. The summed E-state index contributed by atoms with van der Waals surface area (Å²) in [5.74, 6) is -2.67. The first-order valence-electron chi connectivity index (χ1n) is 11.5. The van der Waals surface area contributed by atoms with Crippen LogP contribution in [0.5, 0.6) is 0 Å². The maximum Gasteiger partial charge on any atom is 0.271 e. The van der Waals surface area contributed by atoms with Crippen LogP contribution in [0.1, 0.15) is 35.1 Å². The van der Waals surface area contributed by atoms with Gasteiger partial charge in [-0.25, -0.2) is 4.90 Å². The van der Waals surface area contributed by atoms with E-state index in [0.29, 0.717) is 12.1 Å². The number of nitro benzene ring substituents is 1. The molecule has 34 heavy (non-hydrogen) atoms. The number of benzene rings is 2. The van der Waals surface area contributed by atoms with Crippen LogP contribution in [0.25, 0.3) is 0 Å². The normalized spacial score (nSPS) is 29.6. The molecule has 4 aliphatic rings. The summed E-state index contributed by atoms with van der Waals surface area (Å²) in [6, 6.07) is 7.82. The van der Waals surface area contributed by atoms with Gasteiger partial charge in [-0.15, -0.1) is 0 Å². The molecule has 0 unspecified atom stereocenters. The van der Waals surface area contributed by atoms with Crippen molar-refractivity contribution in [3.63, 3.8) is 0 Å². The third-order valence-electron chi connectivity index (χ3n) is 8.34. The number of fused-ring (bicyclic) bond motifs is 7. The summed E-state index contributed by atoms with van der Waals surface area (Å²) >= 11 is 0. The van der Waals surface area contributed by atoms with Crippen LogP contribution < -0.4 is 10.2 Å². The minimum absolute atomic E-state index is 0.189. The van der Waals surface area contributed by atoms with Gasteiger partial charge in [0.25, 0.3) is 5.69 Å². The van der Waals surface area contributed by atoms with Gasteiger partial charge in [-0.2, -0.15) is 0 Å². The van der Waals surface area contributed by atoms with Crippen molar-refractivity contribution in [1.82, 2.24) is 4.90 Å². The molecular weight excluding hydrogens is 436 g/mol. The highest BCUT2D eigenvalue weighted by Gasteiger charge is 2.74. The van der Waals surface area contributed by atoms with E-state index in [9.17, 15) is 24.5 Å². The van der Waals surface area contributed by atoms with Gasteiger partial charge < -0.3 is 5.32 Å². The molecule has 3 amide bonds. The molecule has 9 heteroatoms. The molecule has 0 saturated carbocycles. The lowest BCUT2D eigenvalue weighted by Crippen LogP contribution is -2.54. The summed E-state index contributed by atoms with van der Waals surface area (Å²) in [5.41, 5.74) is 2.82. The Balaban J connectivity index is 1.56. The standard InChI is InChI=1S/C25H24N4O5/c1-12-7-9-16-21(14(12)3)26-24(32)25(16)20-19(17-5-4-10-27(17)25)22(30)28(23(20)31)18-11-15(29(33)34)8-6-13(18)2/h6-9,11,17,19-20H,4-5,10H2,1-3H3,(H,26,32)/t17-,19-,20+,25-/m1/s1. The van der Waals surface area contributed by atoms with Crippen molar-refractivity contribution in [3.8, 4) is 0 Å². The molecule has 2 aromatic rings. The first kappa shape index (κ1) is 21.0. The SMILES string of the molecule is Cc1ccc([N+](=O)[O-])cc1N1C(=O)[C@@H]2[C@H]3CCCN3[C@@]3(C(=O)Nc4c3ccc(C)c4C)[C@@H]2C1=O. The fourth-order valence-electron chi connectivity index (χ4n) is 6.71. The van der Waals surface area contributed by atoms with Crippen LogP contribution >= 0.6 is 0 Å². The smallest absolute Gasteiger partial charge is 0.271 e. The summed E-state index contributed by atoms with van der Waals surface area (Å²) in [7, 11) is 0. The second-order valence-corrected chi connectivity index (χ2v) is 9.80. The van der Waals surface area contributed by atoms with Crippen LogP contribution in [0.3, 0.4) is 0 Å². The highest BCUT2D eigenvalue weighted by Crippen LogP contribution is 2.61. The second kappa shape index (κ2) is 6.73. The van der Waals surface area contributed by atoms with Crippen molar-refractivity contribution in [2.75, 3.05) is 16.8 Å². The Morgan fingerprint density at radius 1 is 1.06 bits per heavy atom. The zero-order valence-electron chi connectivity index (χ0n) is 19.1. The number of amides is 3. The molecule has 2 aromatic carbocycles. The Kier molecular flexibility index (Phi) is 4.15. The summed E-state index contributed by atoms with van der Waals surface area (Å²) in [6.45, 7) is 6.27. The number of hydrogen-bond donors (Lipinski definition) is 1. The van der Waals surface area contributed by atoms with E-state index in [1.165, 1.54) is 12.1 Å². The van der Waals surface area contributed by atoms with Gasteiger partial charge in [-0.05, 0) is 56.8 Å². The van der Waals surface area contributed by atoms with Crippen molar-refractivity contribution >= 4 is 34.8 Å². The Labute approximate surface area is 195 Å². The summed E-state index contributed by atoms with van der Waals surface area (Å²) < 4.78 is 0. The van der Waals surface area contributed by atoms with Crippen LogP contribution in [0.15, 0.2) is 30.3 Å². The van der Waals surface area contributed by atoms with Gasteiger partial charge in [0, 0.05) is 29.4 Å². The van der Waals surface area contributed by atoms with Crippen LogP contribution in [0.4, 0.5) is 17.1 Å². The summed E-state index contributed by atoms with van der Waals surface area (Å²) in [6.07, 6.45) is 1.55. The summed E-state index contributed by atoms with van der Waals surface area (Å²) in [4.78, 5) is 55.7. The van der Waals surface area contributed by atoms with Gasteiger partial charge in [0.2, 0.25) is 17.7 Å². The number of rotatable bonds is 2. The van der Waals surface area contributed by atoms with Gasteiger partial charge in [0.1, 0.15) is 5.54 Å². The quantitative estimate of drug-likeness (QED) is 0.419. The molecule has 6 rings (SSSR count). The van der Waals surface area contributed by atoms with E-state index in [4.69, 9.17) is 0 Å². The van der Waals surface area contributed by atoms with Gasteiger partial charge in [-0.1, -0.05) is 18.2 Å². The molecule has 4 atom stereocenters. The van der Waals surface area contributed by atoms with E-state index in [-0.39, 0.29) is 29.2 Å². The van der Waals surface area contributed by atoms with Crippen molar-refractivity contribution in [3.05, 3.63) is 62.7 Å². The number of non-ortho nitro benzene ring substituents is 1. The summed E-state index contributed by atoms with van der Waals surface area (Å²) in [5, 5.41) is 14.4. The fourth-order valence-corrected chi connectivity index (χ4v) is 6.71. The van der Waals surface area contributed by atoms with Crippen LogP contribution in [0.2, 0.25) is 0 Å². The van der Waals surface area contributed by atoms with E-state index in [2.05, 4.69) is 10.2 Å². The van der Waals surface area contributed by atoms with E-state index in [1.807, 2.05) is 26.0 Å². The monoisotopic (exact) mass is 460 g/mol. The maximum atomic E-state index is 14.1. The van der Waals surface area contributed by atoms with Crippen molar-refractivity contribution in [2.24, 2.45) is 11.8 Å². The maximum absolute atomic E-state index is 14.1. The van der Waals surface area contributed by atoms with E-state index in [0.717, 1.165) is 40.1 Å². The van der Waals surface area contributed by atoms with Gasteiger partial charge in [0.15, 0.2) is 0 Å². The van der Waals surface area contributed by atoms with E-state index in [1.54, 1.807) is 13.0 Å². The molecule has 4 aliphatic heterocycles. The Morgan fingerprint density at radius 3 is 2.53 bits per heavy atom. The van der Waals surface area contributed by atoms with Crippen molar-refractivity contribution < 1.29 is 19.3 Å². The Bertz CT molecular complexity index is 1340. The minimum Gasteiger partial charge on any atom is -0.324 e. The molecule has 0 radical (unpaired) electrons. The molecule has 3 saturated heterocycles. The predicted octanol–water partition coefficient (Wildman–Crippen LogP) is 2.95. The average molecular weight is 460 g/mol. The van der Waals surface area contributed by atoms with E-state index < -0.39 is 28.2 Å². The van der Waals surface area contributed by atoms with Gasteiger partial charge in [-0.3, -0.25) is 29.4 Å². The Hall–Kier alpha value is -3.59. The predicted molar refractivity (Wildman–Crippen MR) is 123 cm³/mol. The molecule has 0 bridgehead atoms. The lowest BCUT2D eigenvalue weighted by atomic mass is 9.75. The second-order valence-electron chi connectivity index (χ2n) is 9.80. The molecule has 9 nitrogen and oxygen atoms in total. The number of nitrogens with one attached hydrogen (secondary N) is 1. The lowest BCUT2D eigenvalue weighted by Gasteiger charge is -2.36. The first-order chi connectivity index (χ1) is 16.2. The number of aryl methyl sites for hydroxylation is 2. The topological polar surface area (TPSA) is 113 Å². The Morgan fingerprint density at radius 2 is 1.79 bits per heavy atom. The first-order valence-corrected chi connectivity index (χ1v) is 11.5. The van der Waals surface area contributed by atoms with Crippen LogP contribution in [0, 0.1) is 42.7 Å². The number of hydrogen-bond acceptors (Lipinski definition) is 6. The van der Waals surface area contributed by atoms with Crippen molar-refractivity contribution in [1.29, 1.82) is 0 Å². The number of anilines is 2. The molecule has 0 aromatic heterocycles. The molecule has 1 spiro atoms. The number of nitro groups is 1. The number of carbonyl (C=O) groups is 3. The molecule has 0 aliphatic carbocycles. The number of carbonyl (C=O) groups excluding carboxylic acids is 3. The van der Waals surface area contributed by atoms with Gasteiger partial charge >= 0.3 is 0 Å². The molecule has 1 N–H and O–H groups in total. The molecule has 174 valence electrons. The van der Waals surface area contributed by atoms with E-state index >= 15 is 0 Å². The van der Waals surface area contributed by atoms with Gasteiger partial charge in [0.05, 0.1) is 22.4 Å². The van der Waals surface area contributed by atoms with Crippen LogP contribution in [-0.4, -0.2) is 40.1 Å². The number of nitrogens with zero attached hydrogens (tertiary/aromatic N) is 3. The third kappa shape index (κ3) is 2.30. The minimum atomic E-state index is -1.25. The largest absolute Gasteiger partial charge is 0.324 e. The zero-order chi connectivity index (χ0) is 24.1. The molecule has 3 fully saturated rings.